The van der Waals surface area contributed by atoms with Crippen molar-refractivity contribution in [1.29, 1.82) is 0 Å². The van der Waals surface area contributed by atoms with Crippen molar-refractivity contribution in [2.24, 2.45) is 5.92 Å². The van der Waals surface area contributed by atoms with Crippen molar-refractivity contribution in [3.8, 4) is 0 Å². The van der Waals surface area contributed by atoms with Gasteiger partial charge >= 0.3 is 0 Å². The second-order valence-corrected chi connectivity index (χ2v) is 5.19. The number of carbonyl (C=O) groups is 1. The predicted octanol–water partition coefficient (Wildman–Crippen LogP) is 2.26. The van der Waals surface area contributed by atoms with E-state index in [4.69, 9.17) is 4.52 Å². The molecule has 0 aliphatic carbocycles. The molecule has 5 heteroatoms. The van der Waals surface area contributed by atoms with Gasteiger partial charge in [0.25, 0.3) is 0 Å². The summed E-state index contributed by atoms with van der Waals surface area (Å²) in [5.41, 5.74) is 1.59. The lowest BCUT2D eigenvalue weighted by Gasteiger charge is -2.22. The first-order valence-electron chi connectivity index (χ1n) is 7.16. The smallest absolute Gasteiger partial charge is 0.224 e. The van der Waals surface area contributed by atoms with Gasteiger partial charge in [-0.2, -0.15) is 0 Å². The normalized spacial score (nSPS) is 16.5. The standard InChI is InChI=1S/C14H23N3O2/c1-3-12-14(10(2)19-17-12)16-13(18)5-4-11-6-8-15-9-7-11/h11,15H,3-9H2,1-2H3,(H,16,18). The Kier molecular flexibility index (Phi) is 4.96. The van der Waals surface area contributed by atoms with Gasteiger partial charge in [-0.3, -0.25) is 4.79 Å². The number of amides is 1. The second-order valence-electron chi connectivity index (χ2n) is 5.19. The van der Waals surface area contributed by atoms with Gasteiger partial charge in [0.05, 0.1) is 0 Å². The maximum absolute atomic E-state index is 12.0. The third-order valence-electron chi connectivity index (χ3n) is 3.77. The second kappa shape index (κ2) is 6.70. The van der Waals surface area contributed by atoms with E-state index in [1.807, 2.05) is 13.8 Å². The van der Waals surface area contributed by atoms with Crippen LogP contribution in [0.1, 0.15) is 44.1 Å². The molecule has 2 N–H and O–H groups in total. The van der Waals surface area contributed by atoms with Gasteiger partial charge in [-0.1, -0.05) is 12.1 Å². The van der Waals surface area contributed by atoms with Crippen molar-refractivity contribution in [2.75, 3.05) is 18.4 Å². The van der Waals surface area contributed by atoms with E-state index in [9.17, 15) is 4.79 Å². The Balaban J connectivity index is 1.81. The number of nitrogens with zero attached hydrogens (tertiary/aromatic N) is 1. The highest BCUT2D eigenvalue weighted by molar-refractivity contribution is 5.91. The minimum absolute atomic E-state index is 0.0690. The van der Waals surface area contributed by atoms with Gasteiger partial charge in [0.2, 0.25) is 5.91 Å². The van der Waals surface area contributed by atoms with Gasteiger partial charge < -0.3 is 15.2 Å². The van der Waals surface area contributed by atoms with Gasteiger partial charge in [0.15, 0.2) is 5.76 Å². The molecule has 0 radical (unpaired) electrons. The largest absolute Gasteiger partial charge is 0.359 e. The molecule has 1 aliphatic heterocycles. The van der Waals surface area contributed by atoms with Crippen LogP contribution in [-0.2, 0) is 11.2 Å². The summed E-state index contributed by atoms with van der Waals surface area (Å²) in [6, 6.07) is 0. The zero-order valence-electron chi connectivity index (χ0n) is 11.8. The highest BCUT2D eigenvalue weighted by Gasteiger charge is 2.17. The van der Waals surface area contributed by atoms with Gasteiger partial charge in [-0.25, -0.2) is 0 Å². The van der Waals surface area contributed by atoms with Crippen molar-refractivity contribution in [1.82, 2.24) is 10.5 Å². The molecule has 5 nitrogen and oxygen atoms in total. The van der Waals surface area contributed by atoms with Gasteiger partial charge in [0.1, 0.15) is 11.4 Å². The molecule has 1 saturated heterocycles. The van der Waals surface area contributed by atoms with Crippen LogP contribution >= 0.6 is 0 Å². The van der Waals surface area contributed by atoms with Crippen LogP contribution in [0.15, 0.2) is 4.52 Å². The fourth-order valence-electron chi connectivity index (χ4n) is 2.53. The van der Waals surface area contributed by atoms with Crippen LogP contribution in [0, 0.1) is 12.8 Å². The zero-order chi connectivity index (χ0) is 13.7. The Morgan fingerprint density at radius 3 is 2.89 bits per heavy atom. The Labute approximate surface area is 114 Å². The minimum Gasteiger partial charge on any atom is -0.359 e. The molecule has 0 unspecified atom stereocenters. The number of carbonyl (C=O) groups excluding carboxylic acids is 1. The number of aryl methyl sites for hydroxylation is 2. The van der Waals surface area contributed by atoms with Gasteiger partial charge in [-0.05, 0) is 51.6 Å². The third kappa shape index (κ3) is 3.80. The Morgan fingerprint density at radius 2 is 2.21 bits per heavy atom. The molecule has 1 fully saturated rings. The maximum Gasteiger partial charge on any atom is 0.224 e. The van der Waals surface area contributed by atoms with Crippen molar-refractivity contribution in [3.63, 3.8) is 0 Å². The summed E-state index contributed by atoms with van der Waals surface area (Å²) in [5.74, 6) is 1.44. The van der Waals surface area contributed by atoms with Gasteiger partial charge in [-0.15, -0.1) is 0 Å². The SMILES string of the molecule is CCc1noc(C)c1NC(=O)CCC1CCNCC1. The molecule has 1 amide bonds. The van der Waals surface area contributed by atoms with E-state index in [1.165, 1.54) is 12.8 Å². The summed E-state index contributed by atoms with van der Waals surface area (Å²) in [6.07, 6.45) is 4.68. The highest BCUT2D eigenvalue weighted by atomic mass is 16.5. The van der Waals surface area contributed by atoms with Gasteiger partial charge in [0, 0.05) is 6.42 Å². The third-order valence-corrected chi connectivity index (χ3v) is 3.77. The monoisotopic (exact) mass is 265 g/mol. The van der Waals surface area contributed by atoms with E-state index < -0.39 is 0 Å². The molecule has 1 aromatic rings. The summed E-state index contributed by atoms with van der Waals surface area (Å²) in [6.45, 7) is 5.99. The van der Waals surface area contributed by atoms with Crippen LogP contribution in [-0.4, -0.2) is 24.2 Å². The minimum atomic E-state index is 0.0690. The molecule has 2 rings (SSSR count). The van der Waals surface area contributed by atoms with Crippen LogP contribution in [0.25, 0.3) is 0 Å². The van der Waals surface area contributed by atoms with E-state index in [-0.39, 0.29) is 5.91 Å². The highest BCUT2D eigenvalue weighted by Crippen LogP contribution is 2.22. The van der Waals surface area contributed by atoms with Crippen LogP contribution in [0.3, 0.4) is 0 Å². The van der Waals surface area contributed by atoms with Crippen molar-refractivity contribution < 1.29 is 9.32 Å². The van der Waals surface area contributed by atoms with E-state index in [0.717, 1.165) is 37.3 Å². The molecule has 19 heavy (non-hydrogen) atoms. The summed E-state index contributed by atoms with van der Waals surface area (Å²) in [4.78, 5) is 12.0. The van der Waals surface area contributed by atoms with E-state index in [2.05, 4.69) is 15.8 Å². The van der Waals surface area contributed by atoms with Crippen molar-refractivity contribution >= 4 is 11.6 Å². The van der Waals surface area contributed by atoms with E-state index >= 15 is 0 Å². The van der Waals surface area contributed by atoms with Crippen LogP contribution in [0.2, 0.25) is 0 Å². The molecule has 0 bridgehead atoms. The molecular weight excluding hydrogens is 242 g/mol. The first-order chi connectivity index (χ1) is 9.20. The lowest BCUT2D eigenvalue weighted by molar-refractivity contribution is -0.116. The first-order valence-corrected chi connectivity index (χ1v) is 7.16. The van der Waals surface area contributed by atoms with Crippen LogP contribution < -0.4 is 10.6 Å². The van der Waals surface area contributed by atoms with E-state index in [0.29, 0.717) is 18.1 Å². The Morgan fingerprint density at radius 1 is 1.47 bits per heavy atom. The maximum atomic E-state index is 12.0. The number of hydrogen-bond acceptors (Lipinski definition) is 4. The number of nitrogens with one attached hydrogen (secondary N) is 2. The molecule has 2 heterocycles. The average Bonchev–Trinajstić information content (AvgIpc) is 2.78. The lowest BCUT2D eigenvalue weighted by Crippen LogP contribution is -2.28. The average molecular weight is 265 g/mol. The molecular formula is C14H23N3O2. The number of anilines is 1. The lowest BCUT2D eigenvalue weighted by atomic mass is 9.93. The molecule has 106 valence electrons. The Hall–Kier alpha value is -1.36. The van der Waals surface area contributed by atoms with Crippen molar-refractivity contribution in [2.45, 2.75) is 46.0 Å². The summed E-state index contributed by atoms with van der Waals surface area (Å²) in [7, 11) is 0. The molecule has 1 aliphatic rings. The van der Waals surface area contributed by atoms with E-state index in [1.54, 1.807) is 0 Å². The number of rotatable bonds is 5. The number of hydrogen-bond donors (Lipinski definition) is 2. The predicted molar refractivity (Wildman–Crippen MR) is 74.1 cm³/mol. The van der Waals surface area contributed by atoms with Crippen LogP contribution in [0.4, 0.5) is 5.69 Å². The van der Waals surface area contributed by atoms with Crippen LogP contribution in [0.5, 0.6) is 0 Å². The summed E-state index contributed by atoms with van der Waals surface area (Å²) < 4.78 is 5.11. The fraction of sp³-hybridized carbons (Fsp3) is 0.714. The quantitative estimate of drug-likeness (QED) is 0.857. The topological polar surface area (TPSA) is 67.2 Å². The summed E-state index contributed by atoms with van der Waals surface area (Å²) >= 11 is 0. The molecule has 0 saturated carbocycles. The number of piperidine rings is 1. The molecule has 0 atom stereocenters. The zero-order valence-corrected chi connectivity index (χ0v) is 11.8. The molecule has 0 aromatic carbocycles. The molecule has 0 spiro atoms. The first kappa shape index (κ1) is 14.1. The van der Waals surface area contributed by atoms with Crippen molar-refractivity contribution in [3.05, 3.63) is 11.5 Å². The Bertz CT molecular complexity index is 422. The number of aromatic nitrogens is 1. The fourth-order valence-corrected chi connectivity index (χ4v) is 2.53. The molecule has 1 aromatic heterocycles. The summed E-state index contributed by atoms with van der Waals surface area (Å²) in [5, 5.41) is 10.2.